The van der Waals surface area contributed by atoms with Gasteiger partial charge < -0.3 is 0 Å². The first-order chi connectivity index (χ1) is 4.99. The Hall–Kier alpha value is -0.260. The molecule has 0 saturated carbocycles. The molecular weight excluding hydrogens is 132 g/mol. The van der Waals surface area contributed by atoms with Crippen LogP contribution < -0.4 is 0 Å². The Balaban J connectivity index is 3.77. The standard InChI is InChI=1S/C11H22/c1-6-8-10(7-2)9-11(3,4)5/h7,10H,2,6,8-9H2,1,3-5H3. The predicted octanol–water partition coefficient (Wildman–Crippen LogP) is 4.02. The molecule has 1 atom stereocenters. The summed E-state index contributed by atoms with van der Waals surface area (Å²) >= 11 is 0. The Kier molecular flexibility index (Phi) is 4.48. The van der Waals surface area contributed by atoms with Gasteiger partial charge in [0.15, 0.2) is 0 Å². The summed E-state index contributed by atoms with van der Waals surface area (Å²) < 4.78 is 0. The average Bonchev–Trinajstić information content (AvgIpc) is 1.84. The van der Waals surface area contributed by atoms with Crippen LogP contribution in [0, 0.1) is 11.3 Å². The molecule has 0 N–H and O–H groups in total. The monoisotopic (exact) mass is 154 g/mol. The van der Waals surface area contributed by atoms with Crippen molar-refractivity contribution in [2.45, 2.75) is 47.0 Å². The van der Waals surface area contributed by atoms with Crippen LogP contribution in [0.25, 0.3) is 0 Å². The zero-order chi connectivity index (χ0) is 8.91. The number of hydrogen-bond donors (Lipinski definition) is 0. The van der Waals surface area contributed by atoms with Gasteiger partial charge in [-0.3, -0.25) is 0 Å². The van der Waals surface area contributed by atoms with E-state index < -0.39 is 0 Å². The lowest BCUT2D eigenvalue weighted by Gasteiger charge is -2.23. The smallest absolute Gasteiger partial charge is 0.0231 e. The summed E-state index contributed by atoms with van der Waals surface area (Å²) in [6.45, 7) is 13.0. The zero-order valence-corrected chi connectivity index (χ0v) is 8.48. The van der Waals surface area contributed by atoms with Crippen molar-refractivity contribution in [1.29, 1.82) is 0 Å². The molecule has 0 aromatic carbocycles. The van der Waals surface area contributed by atoms with Crippen molar-refractivity contribution in [2.24, 2.45) is 11.3 Å². The first-order valence-corrected chi connectivity index (χ1v) is 4.62. The van der Waals surface area contributed by atoms with E-state index >= 15 is 0 Å². The summed E-state index contributed by atoms with van der Waals surface area (Å²) in [5.74, 6) is 0.722. The number of hydrogen-bond acceptors (Lipinski definition) is 0. The summed E-state index contributed by atoms with van der Waals surface area (Å²) in [5, 5.41) is 0. The summed E-state index contributed by atoms with van der Waals surface area (Å²) in [4.78, 5) is 0. The van der Waals surface area contributed by atoms with Crippen LogP contribution in [-0.4, -0.2) is 0 Å². The third-order valence-electron chi connectivity index (χ3n) is 1.87. The molecule has 11 heavy (non-hydrogen) atoms. The van der Waals surface area contributed by atoms with Crippen LogP contribution in [0.3, 0.4) is 0 Å². The molecule has 0 radical (unpaired) electrons. The van der Waals surface area contributed by atoms with Crippen LogP contribution in [0.2, 0.25) is 0 Å². The van der Waals surface area contributed by atoms with Crippen molar-refractivity contribution >= 4 is 0 Å². The van der Waals surface area contributed by atoms with Crippen LogP contribution in [0.5, 0.6) is 0 Å². The normalized spacial score (nSPS) is 14.5. The van der Waals surface area contributed by atoms with E-state index in [-0.39, 0.29) is 0 Å². The quantitative estimate of drug-likeness (QED) is 0.536. The summed E-state index contributed by atoms with van der Waals surface area (Å²) in [6, 6.07) is 0. The molecule has 0 heteroatoms. The van der Waals surface area contributed by atoms with E-state index in [1.807, 2.05) is 0 Å². The number of allylic oxidation sites excluding steroid dienone is 1. The van der Waals surface area contributed by atoms with Crippen LogP contribution in [0.1, 0.15) is 47.0 Å². The highest BCUT2D eigenvalue weighted by atomic mass is 14.2. The van der Waals surface area contributed by atoms with Gasteiger partial charge in [-0.25, -0.2) is 0 Å². The summed E-state index contributed by atoms with van der Waals surface area (Å²) in [5.41, 5.74) is 0.452. The van der Waals surface area contributed by atoms with Gasteiger partial charge in [0.05, 0.1) is 0 Å². The highest BCUT2D eigenvalue weighted by Gasteiger charge is 2.15. The van der Waals surface area contributed by atoms with Gasteiger partial charge >= 0.3 is 0 Å². The Bertz CT molecular complexity index is 106. The Morgan fingerprint density at radius 3 is 2.18 bits per heavy atom. The molecular formula is C11H22. The highest BCUT2D eigenvalue weighted by Crippen LogP contribution is 2.27. The van der Waals surface area contributed by atoms with Gasteiger partial charge in [-0.15, -0.1) is 6.58 Å². The zero-order valence-electron chi connectivity index (χ0n) is 8.48. The first kappa shape index (κ1) is 10.7. The second kappa shape index (κ2) is 4.58. The van der Waals surface area contributed by atoms with E-state index in [4.69, 9.17) is 0 Å². The van der Waals surface area contributed by atoms with Crippen molar-refractivity contribution in [3.05, 3.63) is 12.7 Å². The van der Waals surface area contributed by atoms with Crippen molar-refractivity contribution in [2.75, 3.05) is 0 Å². The molecule has 0 nitrogen and oxygen atoms in total. The lowest BCUT2D eigenvalue weighted by Crippen LogP contribution is -2.11. The van der Waals surface area contributed by atoms with Gasteiger partial charge in [0, 0.05) is 0 Å². The maximum Gasteiger partial charge on any atom is -0.0231 e. The average molecular weight is 154 g/mol. The molecule has 66 valence electrons. The molecule has 0 rings (SSSR count). The second-order valence-corrected chi connectivity index (χ2v) is 4.55. The molecule has 0 aromatic rings. The van der Waals surface area contributed by atoms with Crippen LogP contribution in [-0.2, 0) is 0 Å². The van der Waals surface area contributed by atoms with E-state index in [9.17, 15) is 0 Å². The fourth-order valence-electron chi connectivity index (χ4n) is 1.46. The minimum atomic E-state index is 0.452. The van der Waals surface area contributed by atoms with Gasteiger partial charge in [-0.05, 0) is 24.2 Å². The largest absolute Gasteiger partial charge is 0.103 e. The van der Waals surface area contributed by atoms with Crippen molar-refractivity contribution in [3.8, 4) is 0 Å². The molecule has 0 bridgehead atoms. The minimum absolute atomic E-state index is 0.452. The lowest BCUT2D eigenvalue weighted by molar-refractivity contribution is 0.315. The van der Waals surface area contributed by atoms with Crippen molar-refractivity contribution in [3.63, 3.8) is 0 Å². The van der Waals surface area contributed by atoms with E-state index in [2.05, 4.69) is 40.3 Å². The van der Waals surface area contributed by atoms with Gasteiger partial charge in [-0.2, -0.15) is 0 Å². The van der Waals surface area contributed by atoms with E-state index in [0.29, 0.717) is 5.41 Å². The molecule has 0 saturated heterocycles. The van der Waals surface area contributed by atoms with Crippen molar-refractivity contribution in [1.82, 2.24) is 0 Å². The molecule has 0 amide bonds. The van der Waals surface area contributed by atoms with Crippen LogP contribution >= 0.6 is 0 Å². The SMILES string of the molecule is C=CC(CCC)CC(C)(C)C. The highest BCUT2D eigenvalue weighted by molar-refractivity contribution is 4.82. The third-order valence-corrected chi connectivity index (χ3v) is 1.87. The molecule has 0 aromatic heterocycles. The molecule has 0 aliphatic rings. The number of rotatable bonds is 4. The molecule has 0 spiro atoms. The summed E-state index contributed by atoms with van der Waals surface area (Å²) in [7, 11) is 0. The molecule has 1 unspecified atom stereocenters. The lowest BCUT2D eigenvalue weighted by atomic mass is 9.83. The van der Waals surface area contributed by atoms with Gasteiger partial charge in [0.1, 0.15) is 0 Å². The van der Waals surface area contributed by atoms with Gasteiger partial charge in [0.25, 0.3) is 0 Å². The van der Waals surface area contributed by atoms with Crippen LogP contribution in [0.15, 0.2) is 12.7 Å². The second-order valence-electron chi connectivity index (χ2n) is 4.55. The van der Waals surface area contributed by atoms with E-state index in [1.165, 1.54) is 19.3 Å². The van der Waals surface area contributed by atoms with Gasteiger partial charge in [-0.1, -0.05) is 40.2 Å². The first-order valence-electron chi connectivity index (χ1n) is 4.62. The molecule has 0 aliphatic heterocycles. The fourth-order valence-corrected chi connectivity index (χ4v) is 1.46. The Morgan fingerprint density at radius 2 is 1.91 bits per heavy atom. The Labute approximate surface area is 71.7 Å². The predicted molar refractivity (Wildman–Crippen MR) is 52.7 cm³/mol. The maximum absolute atomic E-state index is 3.86. The topological polar surface area (TPSA) is 0 Å². The molecule has 0 aliphatic carbocycles. The van der Waals surface area contributed by atoms with Gasteiger partial charge in [0.2, 0.25) is 0 Å². The summed E-state index contributed by atoms with van der Waals surface area (Å²) in [6.07, 6.45) is 5.94. The molecule has 0 heterocycles. The third kappa shape index (κ3) is 6.15. The minimum Gasteiger partial charge on any atom is -0.103 e. The molecule has 0 fully saturated rings. The van der Waals surface area contributed by atoms with Crippen LogP contribution in [0.4, 0.5) is 0 Å². The Morgan fingerprint density at radius 1 is 1.36 bits per heavy atom. The van der Waals surface area contributed by atoms with E-state index in [0.717, 1.165) is 5.92 Å². The fraction of sp³-hybridized carbons (Fsp3) is 0.818. The maximum atomic E-state index is 3.86. The van der Waals surface area contributed by atoms with Crippen molar-refractivity contribution < 1.29 is 0 Å². The van der Waals surface area contributed by atoms with E-state index in [1.54, 1.807) is 0 Å².